The molecule has 1 aliphatic rings. The Hall–Kier alpha value is -1.75. The van der Waals surface area contributed by atoms with Gasteiger partial charge in [-0.05, 0) is 45.7 Å². The van der Waals surface area contributed by atoms with Crippen molar-refractivity contribution in [3.8, 4) is 0 Å². The van der Waals surface area contributed by atoms with Crippen molar-refractivity contribution in [3.63, 3.8) is 0 Å². The number of hydrogen-bond acceptors (Lipinski definition) is 4. The Kier molecular flexibility index (Phi) is 5.52. The van der Waals surface area contributed by atoms with E-state index in [-0.39, 0.29) is 6.04 Å². The van der Waals surface area contributed by atoms with E-state index in [1.54, 1.807) is 18.2 Å². The highest BCUT2D eigenvalue weighted by Crippen LogP contribution is 2.31. The molecule has 0 bridgehead atoms. The molecule has 0 aliphatic carbocycles. The molecule has 1 fully saturated rings. The fraction of sp³-hybridized carbons (Fsp3) is 0.529. The minimum atomic E-state index is -0.522. The van der Waals surface area contributed by atoms with Gasteiger partial charge in [-0.3, -0.25) is 4.79 Å². The van der Waals surface area contributed by atoms with Crippen LogP contribution >= 0.6 is 11.6 Å². The first-order chi connectivity index (χ1) is 10.8. The number of alkyl carbamates (subject to hydrolysis) is 1. The number of aldehydes is 1. The lowest BCUT2D eigenvalue weighted by molar-refractivity contribution is 0.0500. The zero-order chi connectivity index (χ0) is 17.0. The maximum absolute atomic E-state index is 11.9. The lowest BCUT2D eigenvalue weighted by Crippen LogP contribution is -2.49. The van der Waals surface area contributed by atoms with Crippen molar-refractivity contribution in [1.82, 2.24) is 5.32 Å². The van der Waals surface area contributed by atoms with Gasteiger partial charge in [0.1, 0.15) is 5.60 Å². The summed E-state index contributed by atoms with van der Waals surface area (Å²) in [7, 11) is 0. The molecule has 1 aliphatic heterocycles. The molecule has 1 aromatic carbocycles. The van der Waals surface area contributed by atoms with Crippen molar-refractivity contribution in [2.75, 3.05) is 18.0 Å². The minimum Gasteiger partial charge on any atom is -0.444 e. The van der Waals surface area contributed by atoms with Gasteiger partial charge >= 0.3 is 6.09 Å². The third kappa shape index (κ3) is 4.86. The van der Waals surface area contributed by atoms with Gasteiger partial charge < -0.3 is 15.0 Å². The molecule has 1 atom stereocenters. The highest BCUT2D eigenvalue weighted by molar-refractivity contribution is 6.33. The summed E-state index contributed by atoms with van der Waals surface area (Å²) in [6.07, 6.45) is 2.17. The number of nitrogens with zero attached hydrogens (tertiary/aromatic N) is 1. The van der Waals surface area contributed by atoms with Gasteiger partial charge in [0.2, 0.25) is 0 Å². The van der Waals surface area contributed by atoms with Crippen molar-refractivity contribution >= 4 is 29.7 Å². The number of amides is 1. The van der Waals surface area contributed by atoms with Gasteiger partial charge in [0.15, 0.2) is 6.29 Å². The summed E-state index contributed by atoms with van der Waals surface area (Å²) in [5.74, 6) is 0. The van der Waals surface area contributed by atoms with Crippen molar-refractivity contribution < 1.29 is 14.3 Å². The molecule has 0 saturated carbocycles. The van der Waals surface area contributed by atoms with E-state index in [0.29, 0.717) is 17.1 Å². The Morgan fingerprint density at radius 3 is 2.83 bits per heavy atom. The van der Waals surface area contributed by atoms with Gasteiger partial charge in [0.05, 0.1) is 10.7 Å². The largest absolute Gasteiger partial charge is 0.444 e. The normalized spacial score (nSPS) is 18.4. The van der Waals surface area contributed by atoms with E-state index in [1.165, 1.54) is 0 Å². The summed E-state index contributed by atoms with van der Waals surface area (Å²) in [6.45, 7) is 6.90. The molecule has 1 unspecified atom stereocenters. The van der Waals surface area contributed by atoms with Crippen molar-refractivity contribution in [2.45, 2.75) is 45.3 Å². The van der Waals surface area contributed by atoms with Crippen molar-refractivity contribution in [1.29, 1.82) is 0 Å². The molecule has 126 valence electrons. The maximum Gasteiger partial charge on any atom is 0.407 e. The molecule has 1 heterocycles. The zero-order valence-corrected chi connectivity index (χ0v) is 14.5. The van der Waals surface area contributed by atoms with Crippen LogP contribution in [0.2, 0.25) is 5.02 Å². The minimum absolute atomic E-state index is 0.0330. The van der Waals surface area contributed by atoms with Crippen LogP contribution in [0.25, 0.3) is 0 Å². The lowest BCUT2D eigenvalue weighted by atomic mass is 10.0. The van der Waals surface area contributed by atoms with Gasteiger partial charge in [-0.2, -0.15) is 0 Å². The van der Waals surface area contributed by atoms with E-state index >= 15 is 0 Å². The number of halogens is 1. The highest BCUT2D eigenvalue weighted by Gasteiger charge is 2.26. The molecule has 23 heavy (non-hydrogen) atoms. The van der Waals surface area contributed by atoms with Crippen LogP contribution in [0.3, 0.4) is 0 Å². The molecule has 5 nitrogen and oxygen atoms in total. The predicted octanol–water partition coefficient (Wildman–Crippen LogP) is 3.65. The van der Waals surface area contributed by atoms with Gasteiger partial charge in [-0.1, -0.05) is 17.7 Å². The number of carbonyl (C=O) groups is 2. The molecule has 1 saturated heterocycles. The number of nitrogens with one attached hydrogen (secondary N) is 1. The summed E-state index contributed by atoms with van der Waals surface area (Å²) in [5.41, 5.74) is 0.779. The van der Waals surface area contributed by atoms with Crippen LogP contribution < -0.4 is 10.2 Å². The zero-order valence-electron chi connectivity index (χ0n) is 13.8. The summed E-state index contributed by atoms with van der Waals surface area (Å²) < 4.78 is 5.30. The van der Waals surface area contributed by atoms with Crippen molar-refractivity contribution in [2.24, 2.45) is 0 Å². The average Bonchev–Trinajstić information content (AvgIpc) is 2.45. The van der Waals surface area contributed by atoms with Crippen molar-refractivity contribution in [3.05, 3.63) is 28.8 Å². The summed E-state index contributed by atoms with van der Waals surface area (Å²) >= 11 is 6.27. The molecule has 2 rings (SSSR count). The summed E-state index contributed by atoms with van der Waals surface area (Å²) in [5, 5.41) is 3.45. The second-order valence-corrected chi connectivity index (χ2v) is 7.13. The Labute approximate surface area is 141 Å². The highest BCUT2D eigenvalue weighted by atomic mass is 35.5. The number of carbonyl (C=O) groups excluding carboxylic acids is 2. The molecule has 1 amide bonds. The van der Waals surface area contributed by atoms with Crippen LogP contribution in [0.5, 0.6) is 0 Å². The van der Waals surface area contributed by atoms with E-state index in [9.17, 15) is 9.59 Å². The fourth-order valence-electron chi connectivity index (χ4n) is 2.73. The van der Waals surface area contributed by atoms with Gasteiger partial charge in [-0.15, -0.1) is 0 Å². The van der Waals surface area contributed by atoms with E-state index in [2.05, 4.69) is 10.2 Å². The first-order valence-electron chi connectivity index (χ1n) is 7.78. The van der Waals surface area contributed by atoms with Crippen LogP contribution in [0.4, 0.5) is 10.5 Å². The van der Waals surface area contributed by atoms with E-state index in [4.69, 9.17) is 16.3 Å². The fourth-order valence-corrected chi connectivity index (χ4v) is 3.03. The first kappa shape index (κ1) is 17.6. The van der Waals surface area contributed by atoms with Crippen LogP contribution in [-0.4, -0.2) is 37.1 Å². The maximum atomic E-state index is 11.9. The van der Waals surface area contributed by atoms with Crippen LogP contribution in [0.1, 0.15) is 44.0 Å². The molecule has 0 aromatic heterocycles. The van der Waals surface area contributed by atoms with Crippen LogP contribution in [0, 0.1) is 0 Å². The molecule has 0 radical (unpaired) electrons. The Bertz CT molecular complexity index is 584. The number of hydrogen-bond donors (Lipinski definition) is 1. The number of anilines is 1. The SMILES string of the molecule is CC(C)(C)OC(=O)NC1CCCN(c2c(Cl)cccc2C=O)C1. The predicted molar refractivity (Wildman–Crippen MR) is 91.4 cm³/mol. The third-order valence-electron chi connectivity index (χ3n) is 3.60. The van der Waals surface area contributed by atoms with E-state index in [1.807, 2.05) is 20.8 Å². The Morgan fingerprint density at radius 1 is 1.43 bits per heavy atom. The number of piperidine rings is 1. The Balaban J connectivity index is 2.07. The second-order valence-electron chi connectivity index (χ2n) is 6.73. The number of benzene rings is 1. The topological polar surface area (TPSA) is 58.6 Å². The summed E-state index contributed by atoms with van der Waals surface area (Å²) in [6, 6.07) is 5.25. The molecular weight excluding hydrogens is 316 g/mol. The molecule has 6 heteroatoms. The van der Waals surface area contributed by atoms with Gasteiger partial charge in [0.25, 0.3) is 0 Å². The number of ether oxygens (including phenoxy) is 1. The number of para-hydroxylation sites is 1. The third-order valence-corrected chi connectivity index (χ3v) is 3.91. The van der Waals surface area contributed by atoms with E-state index < -0.39 is 11.7 Å². The van der Waals surface area contributed by atoms with Gasteiger partial charge in [0, 0.05) is 24.7 Å². The van der Waals surface area contributed by atoms with Crippen LogP contribution in [0.15, 0.2) is 18.2 Å². The monoisotopic (exact) mass is 338 g/mol. The lowest BCUT2D eigenvalue weighted by Gasteiger charge is -2.36. The standard InChI is InChI=1S/C17H23ClN2O3/c1-17(2,3)23-16(22)19-13-7-5-9-20(10-13)15-12(11-21)6-4-8-14(15)18/h4,6,8,11,13H,5,7,9-10H2,1-3H3,(H,19,22). The summed E-state index contributed by atoms with van der Waals surface area (Å²) in [4.78, 5) is 25.2. The first-order valence-corrected chi connectivity index (χ1v) is 8.16. The van der Waals surface area contributed by atoms with Crippen LogP contribution in [-0.2, 0) is 4.74 Å². The molecule has 1 N–H and O–H groups in total. The average molecular weight is 339 g/mol. The molecule has 0 spiro atoms. The van der Waals surface area contributed by atoms with E-state index in [0.717, 1.165) is 31.4 Å². The second kappa shape index (κ2) is 7.21. The van der Waals surface area contributed by atoms with Gasteiger partial charge in [-0.25, -0.2) is 4.79 Å². The molecular formula is C17H23ClN2O3. The molecule has 1 aromatic rings. The Morgan fingerprint density at radius 2 is 2.17 bits per heavy atom. The quantitative estimate of drug-likeness (QED) is 0.855. The smallest absolute Gasteiger partial charge is 0.407 e. The number of rotatable bonds is 3.